The molecule has 6 heteroatoms. The molecule has 1 fully saturated rings. The van der Waals surface area contributed by atoms with Crippen molar-refractivity contribution >= 4 is 29.1 Å². The van der Waals surface area contributed by atoms with Gasteiger partial charge in [0.15, 0.2) is 0 Å². The first kappa shape index (κ1) is 16.8. The molecule has 0 unspecified atom stereocenters. The molecule has 3 aromatic rings. The van der Waals surface area contributed by atoms with E-state index in [1.165, 1.54) is 25.7 Å². The lowest BCUT2D eigenvalue weighted by Gasteiger charge is -2.15. The van der Waals surface area contributed by atoms with Gasteiger partial charge in [-0.3, -0.25) is 4.98 Å². The maximum absolute atomic E-state index is 6.09. The second-order valence-corrected chi connectivity index (χ2v) is 6.90. The highest BCUT2D eigenvalue weighted by molar-refractivity contribution is 6.30. The third kappa shape index (κ3) is 4.11. The average Bonchev–Trinajstić information content (AvgIpc) is 3.15. The Kier molecular flexibility index (Phi) is 4.97. The zero-order valence-corrected chi connectivity index (χ0v) is 15.1. The fraction of sp³-hybridized carbons (Fsp3) is 0.250. The van der Waals surface area contributed by atoms with Crippen LogP contribution >= 0.6 is 11.6 Å². The van der Waals surface area contributed by atoms with Crippen LogP contribution in [-0.4, -0.2) is 21.0 Å². The van der Waals surface area contributed by atoms with Crippen LogP contribution in [0.25, 0.3) is 11.3 Å². The normalized spacial score (nSPS) is 14.3. The molecule has 1 aliphatic carbocycles. The Bertz CT molecular complexity index is 878. The van der Waals surface area contributed by atoms with Crippen molar-refractivity contribution in [3.05, 3.63) is 59.9 Å². The lowest BCUT2D eigenvalue weighted by Crippen LogP contribution is -2.17. The van der Waals surface area contributed by atoms with E-state index in [2.05, 4.69) is 20.6 Å². The number of nitrogens with one attached hydrogen (secondary N) is 2. The molecule has 5 nitrogen and oxygen atoms in total. The molecule has 0 aliphatic heterocycles. The first-order valence-electron chi connectivity index (χ1n) is 8.85. The minimum absolute atomic E-state index is 0.446. The van der Waals surface area contributed by atoms with Crippen LogP contribution in [0.3, 0.4) is 0 Å². The quantitative estimate of drug-likeness (QED) is 0.643. The average molecular weight is 366 g/mol. The van der Waals surface area contributed by atoms with Gasteiger partial charge in [-0.1, -0.05) is 30.5 Å². The maximum Gasteiger partial charge on any atom is 0.225 e. The minimum Gasteiger partial charge on any atom is -0.351 e. The molecule has 26 heavy (non-hydrogen) atoms. The zero-order chi connectivity index (χ0) is 17.8. The molecule has 0 atom stereocenters. The second kappa shape index (κ2) is 7.70. The number of nitrogens with zero attached hydrogens (tertiary/aromatic N) is 3. The van der Waals surface area contributed by atoms with Gasteiger partial charge in [0.05, 0.1) is 5.69 Å². The Morgan fingerprint density at radius 2 is 1.77 bits per heavy atom. The summed E-state index contributed by atoms with van der Waals surface area (Å²) < 4.78 is 0. The fourth-order valence-corrected chi connectivity index (χ4v) is 3.40. The summed E-state index contributed by atoms with van der Waals surface area (Å²) in [5.41, 5.74) is 2.75. The molecular formula is C20H20ClN5. The van der Waals surface area contributed by atoms with Gasteiger partial charge in [0.1, 0.15) is 5.82 Å². The second-order valence-electron chi connectivity index (χ2n) is 6.46. The monoisotopic (exact) mass is 365 g/mol. The third-order valence-corrected chi connectivity index (χ3v) is 4.72. The summed E-state index contributed by atoms with van der Waals surface area (Å²) in [7, 11) is 0. The van der Waals surface area contributed by atoms with E-state index in [4.69, 9.17) is 16.6 Å². The highest BCUT2D eigenvalue weighted by atomic mass is 35.5. The number of rotatable bonds is 5. The number of anilines is 3. The van der Waals surface area contributed by atoms with Crippen molar-refractivity contribution in [1.82, 2.24) is 15.0 Å². The zero-order valence-electron chi connectivity index (χ0n) is 14.3. The van der Waals surface area contributed by atoms with Crippen LogP contribution in [0.1, 0.15) is 25.7 Å². The van der Waals surface area contributed by atoms with Crippen LogP contribution in [0.2, 0.25) is 5.02 Å². The molecule has 0 bridgehead atoms. The van der Waals surface area contributed by atoms with Crippen LogP contribution in [0, 0.1) is 0 Å². The van der Waals surface area contributed by atoms with E-state index in [0.29, 0.717) is 17.0 Å². The van der Waals surface area contributed by atoms with Gasteiger partial charge in [0, 0.05) is 40.8 Å². The Balaban J connectivity index is 1.67. The van der Waals surface area contributed by atoms with Crippen molar-refractivity contribution in [3.63, 3.8) is 0 Å². The van der Waals surface area contributed by atoms with E-state index in [0.717, 1.165) is 22.8 Å². The fourth-order valence-electron chi connectivity index (χ4n) is 3.21. The van der Waals surface area contributed by atoms with E-state index in [-0.39, 0.29) is 0 Å². The van der Waals surface area contributed by atoms with Gasteiger partial charge in [0.2, 0.25) is 5.95 Å². The van der Waals surface area contributed by atoms with Crippen LogP contribution in [0.5, 0.6) is 0 Å². The predicted molar refractivity (Wildman–Crippen MR) is 106 cm³/mol. The van der Waals surface area contributed by atoms with E-state index in [1.54, 1.807) is 12.4 Å². The molecule has 0 saturated heterocycles. The predicted octanol–water partition coefficient (Wildman–Crippen LogP) is 5.29. The van der Waals surface area contributed by atoms with Crippen molar-refractivity contribution in [2.45, 2.75) is 31.7 Å². The summed E-state index contributed by atoms with van der Waals surface area (Å²) in [5, 5.41) is 7.50. The number of hydrogen-bond donors (Lipinski definition) is 2. The smallest absolute Gasteiger partial charge is 0.225 e. The number of hydrogen-bond acceptors (Lipinski definition) is 5. The molecule has 1 saturated carbocycles. The molecule has 2 N–H and O–H groups in total. The Hall–Kier alpha value is -2.66. The van der Waals surface area contributed by atoms with E-state index in [1.807, 2.05) is 42.5 Å². The van der Waals surface area contributed by atoms with Crippen molar-refractivity contribution < 1.29 is 0 Å². The highest BCUT2D eigenvalue weighted by Crippen LogP contribution is 2.26. The van der Waals surface area contributed by atoms with Crippen LogP contribution in [-0.2, 0) is 0 Å². The van der Waals surface area contributed by atoms with Gasteiger partial charge in [-0.2, -0.15) is 4.98 Å². The van der Waals surface area contributed by atoms with Gasteiger partial charge in [-0.15, -0.1) is 0 Å². The molecule has 0 radical (unpaired) electrons. The standard InChI is InChI=1S/C20H20ClN5/c21-15-4-3-7-17(12-15)23-19-13-18(14-8-10-22-11-9-14)25-20(26-19)24-16-5-1-2-6-16/h3-4,7-13,16H,1-2,5-6H2,(H2,23,24,25,26). The molecule has 1 aliphatic rings. The molecule has 1 aromatic carbocycles. The molecule has 2 heterocycles. The molecule has 4 rings (SSSR count). The Morgan fingerprint density at radius 1 is 0.962 bits per heavy atom. The largest absolute Gasteiger partial charge is 0.351 e. The highest BCUT2D eigenvalue weighted by Gasteiger charge is 2.17. The molecule has 132 valence electrons. The van der Waals surface area contributed by atoms with Gasteiger partial charge in [-0.05, 0) is 43.2 Å². The van der Waals surface area contributed by atoms with Crippen molar-refractivity contribution in [3.8, 4) is 11.3 Å². The molecule has 0 spiro atoms. The first-order valence-corrected chi connectivity index (χ1v) is 9.23. The summed E-state index contributed by atoms with van der Waals surface area (Å²) in [4.78, 5) is 13.5. The van der Waals surface area contributed by atoms with Gasteiger partial charge in [0.25, 0.3) is 0 Å². The van der Waals surface area contributed by atoms with Crippen LogP contribution in [0.4, 0.5) is 17.5 Å². The summed E-state index contributed by atoms with van der Waals surface area (Å²) in [6.45, 7) is 0. The van der Waals surface area contributed by atoms with Crippen molar-refractivity contribution in [2.75, 3.05) is 10.6 Å². The van der Waals surface area contributed by atoms with Gasteiger partial charge in [-0.25, -0.2) is 4.98 Å². The minimum atomic E-state index is 0.446. The van der Waals surface area contributed by atoms with E-state index in [9.17, 15) is 0 Å². The SMILES string of the molecule is Clc1cccc(Nc2cc(-c3ccncc3)nc(NC3CCCC3)n2)c1. The summed E-state index contributed by atoms with van der Waals surface area (Å²) in [6.07, 6.45) is 8.39. The first-order chi connectivity index (χ1) is 12.8. The summed E-state index contributed by atoms with van der Waals surface area (Å²) >= 11 is 6.09. The third-order valence-electron chi connectivity index (χ3n) is 4.49. The molecular weight excluding hydrogens is 346 g/mol. The number of aromatic nitrogens is 3. The molecule has 0 amide bonds. The summed E-state index contributed by atoms with van der Waals surface area (Å²) in [5.74, 6) is 1.38. The van der Waals surface area contributed by atoms with Gasteiger partial charge >= 0.3 is 0 Å². The van der Waals surface area contributed by atoms with Crippen molar-refractivity contribution in [1.29, 1.82) is 0 Å². The number of benzene rings is 1. The van der Waals surface area contributed by atoms with E-state index >= 15 is 0 Å². The van der Waals surface area contributed by atoms with Crippen LogP contribution in [0.15, 0.2) is 54.9 Å². The number of halogens is 1. The van der Waals surface area contributed by atoms with Crippen LogP contribution < -0.4 is 10.6 Å². The van der Waals surface area contributed by atoms with Crippen molar-refractivity contribution in [2.24, 2.45) is 0 Å². The van der Waals surface area contributed by atoms with Gasteiger partial charge < -0.3 is 10.6 Å². The molecule has 2 aromatic heterocycles. The maximum atomic E-state index is 6.09. The lowest BCUT2D eigenvalue weighted by atomic mass is 10.2. The Morgan fingerprint density at radius 3 is 2.54 bits per heavy atom. The topological polar surface area (TPSA) is 62.7 Å². The lowest BCUT2D eigenvalue weighted by molar-refractivity contribution is 0.744. The Labute approximate surface area is 157 Å². The summed E-state index contributed by atoms with van der Waals surface area (Å²) in [6, 6.07) is 13.9. The van der Waals surface area contributed by atoms with E-state index < -0.39 is 0 Å². The number of pyridine rings is 1.